The van der Waals surface area contributed by atoms with Gasteiger partial charge in [0.2, 0.25) is 0 Å². The van der Waals surface area contributed by atoms with Gasteiger partial charge < -0.3 is 15.4 Å². The molecule has 0 radical (unpaired) electrons. The molecule has 1 unspecified atom stereocenters. The van der Waals surface area contributed by atoms with Crippen molar-refractivity contribution >= 4 is 22.5 Å². The lowest BCUT2D eigenvalue weighted by Gasteiger charge is -2.33. The van der Waals surface area contributed by atoms with Crippen molar-refractivity contribution in [3.63, 3.8) is 0 Å². The summed E-state index contributed by atoms with van der Waals surface area (Å²) in [5.74, 6) is 0.923. The Hall–Kier alpha value is -3.84. The SMILES string of the molecule is CNc1ccc(CN2CCCC(NC(=O)c3ccc4[nH]nc(-c5ccc6c(c5)CCO6)c4c3)C2)cc1. The maximum absolute atomic E-state index is 13.2. The van der Waals surface area contributed by atoms with E-state index in [9.17, 15) is 4.79 Å². The number of hydrogen-bond acceptors (Lipinski definition) is 5. The Balaban J connectivity index is 1.15. The molecule has 1 fully saturated rings. The minimum atomic E-state index is -0.0309. The summed E-state index contributed by atoms with van der Waals surface area (Å²) in [5, 5.41) is 15.1. The van der Waals surface area contributed by atoms with Crippen LogP contribution in [0.25, 0.3) is 22.2 Å². The van der Waals surface area contributed by atoms with E-state index in [1.807, 2.05) is 37.4 Å². The van der Waals surface area contributed by atoms with E-state index in [-0.39, 0.29) is 11.9 Å². The second kappa shape index (κ2) is 9.66. The number of rotatable bonds is 6. The molecule has 1 atom stereocenters. The van der Waals surface area contributed by atoms with E-state index < -0.39 is 0 Å². The van der Waals surface area contributed by atoms with E-state index >= 15 is 0 Å². The second-order valence-electron chi connectivity index (χ2n) is 9.75. The molecule has 1 aromatic heterocycles. The number of nitrogens with zero attached hydrogens (tertiary/aromatic N) is 2. The molecule has 0 spiro atoms. The first-order chi connectivity index (χ1) is 17.7. The highest BCUT2D eigenvalue weighted by molar-refractivity contribution is 6.01. The molecule has 6 rings (SSSR count). The average molecular weight is 482 g/mol. The Bertz CT molecular complexity index is 1390. The van der Waals surface area contributed by atoms with Crippen molar-refractivity contribution in [1.82, 2.24) is 20.4 Å². The van der Waals surface area contributed by atoms with Crippen LogP contribution in [0.1, 0.15) is 34.3 Å². The smallest absolute Gasteiger partial charge is 0.251 e. The van der Waals surface area contributed by atoms with Crippen molar-refractivity contribution in [2.75, 3.05) is 32.1 Å². The van der Waals surface area contributed by atoms with Gasteiger partial charge in [0.05, 0.1) is 17.8 Å². The number of amides is 1. The maximum atomic E-state index is 13.2. The molecule has 36 heavy (non-hydrogen) atoms. The van der Waals surface area contributed by atoms with Gasteiger partial charge in [-0.15, -0.1) is 0 Å². The van der Waals surface area contributed by atoms with Crippen LogP contribution in [0.15, 0.2) is 60.7 Å². The molecule has 2 aliphatic rings. The van der Waals surface area contributed by atoms with Crippen molar-refractivity contribution in [3.05, 3.63) is 77.4 Å². The minimum absolute atomic E-state index is 0.0309. The molecule has 1 amide bonds. The molecule has 0 aliphatic carbocycles. The van der Waals surface area contributed by atoms with Crippen LogP contribution in [0.5, 0.6) is 5.75 Å². The van der Waals surface area contributed by atoms with Gasteiger partial charge >= 0.3 is 0 Å². The molecule has 7 nitrogen and oxygen atoms in total. The van der Waals surface area contributed by atoms with E-state index in [4.69, 9.17) is 4.74 Å². The van der Waals surface area contributed by atoms with E-state index in [1.165, 1.54) is 11.1 Å². The molecule has 184 valence electrons. The normalized spacial score (nSPS) is 17.5. The number of aromatic amines is 1. The fraction of sp³-hybridized carbons (Fsp3) is 0.310. The summed E-state index contributed by atoms with van der Waals surface area (Å²) in [5.41, 5.74) is 7.09. The van der Waals surface area contributed by atoms with Crippen LogP contribution < -0.4 is 15.4 Å². The third kappa shape index (κ3) is 4.54. The molecule has 0 saturated carbocycles. The summed E-state index contributed by atoms with van der Waals surface area (Å²) in [6.45, 7) is 3.53. The largest absolute Gasteiger partial charge is 0.493 e. The van der Waals surface area contributed by atoms with Gasteiger partial charge in [-0.05, 0) is 79.0 Å². The van der Waals surface area contributed by atoms with Crippen LogP contribution in [0.4, 0.5) is 5.69 Å². The number of aromatic nitrogens is 2. The first kappa shape index (κ1) is 22.6. The number of likely N-dealkylation sites (tertiary alicyclic amines) is 1. The summed E-state index contributed by atoms with van der Waals surface area (Å²) >= 11 is 0. The predicted octanol–water partition coefficient (Wildman–Crippen LogP) is 4.60. The zero-order valence-electron chi connectivity index (χ0n) is 20.5. The molecule has 3 N–H and O–H groups in total. The second-order valence-corrected chi connectivity index (χ2v) is 9.75. The molecule has 4 aromatic rings. The molecular weight excluding hydrogens is 450 g/mol. The number of fused-ring (bicyclic) bond motifs is 2. The number of H-pyrrole nitrogens is 1. The summed E-state index contributed by atoms with van der Waals surface area (Å²) in [6, 6.07) is 20.7. The van der Waals surface area contributed by atoms with Crippen LogP contribution in [-0.4, -0.2) is 53.8 Å². The highest BCUT2D eigenvalue weighted by Crippen LogP contribution is 2.33. The van der Waals surface area contributed by atoms with Crippen molar-refractivity contribution in [1.29, 1.82) is 0 Å². The molecule has 0 bridgehead atoms. The van der Waals surface area contributed by atoms with E-state index in [1.54, 1.807) is 0 Å². The molecule has 1 saturated heterocycles. The lowest BCUT2D eigenvalue weighted by Crippen LogP contribution is -2.47. The van der Waals surface area contributed by atoms with Crippen LogP contribution in [0, 0.1) is 0 Å². The van der Waals surface area contributed by atoms with Crippen molar-refractivity contribution in [2.45, 2.75) is 31.8 Å². The quantitative estimate of drug-likeness (QED) is 0.375. The lowest BCUT2D eigenvalue weighted by molar-refractivity contribution is 0.0901. The van der Waals surface area contributed by atoms with Gasteiger partial charge in [0, 0.05) is 54.8 Å². The third-order valence-corrected chi connectivity index (χ3v) is 7.28. The van der Waals surface area contributed by atoms with E-state index in [2.05, 4.69) is 56.1 Å². The minimum Gasteiger partial charge on any atom is -0.493 e. The summed E-state index contributed by atoms with van der Waals surface area (Å²) in [6.07, 6.45) is 2.99. The molecular formula is C29H31N5O2. The Morgan fingerprint density at radius 2 is 2.03 bits per heavy atom. The topological polar surface area (TPSA) is 82.3 Å². The summed E-state index contributed by atoms with van der Waals surface area (Å²) < 4.78 is 5.64. The predicted molar refractivity (Wildman–Crippen MR) is 142 cm³/mol. The highest BCUT2D eigenvalue weighted by Gasteiger charge is 2.23. The number of piperidine rings is 1. The zero-order valence-corrected chi connectivity index (χ0v) is 20.5. The zero-order chi connectivity index (χ0) is 24.5. The first-order valence-electron chi connectivity index (χ1n) is 12.7. The molecule has 3 heterocycles. The number of hydrogen-bond donors (Lipinski definition) is 3. The number of carbonyl (C=O) groups is 1. The fourth-order valence-electron chi connectivity index (χ4n) is 5.33. The van der Waals surface area contributed by atoms with Crippen LogP contribution in [-0.2, 0) is 13.0 Å². The molecule has 3 aromatic carbocycles. The van der Waals surface area contributed by atoms with Gasteiger partial charge in [0.25, 0.3) is 5.91 Å². The van der Waals surface area contributed by atoms with Gasteiger partial charge in [-0.3, -0.25) is 14.8 Å². The first-order valence-corrected chi connectivity index (χ1v) is 12.7. The van der Waals surface area contributed by atoms with Crippen LogP contribution >= 0.6 is 0 Å². The van der Waals surface area contributed by atoms with Gasteiger partial charge in [-0.2, -0.15) is 5.10 Å². The number of anilines is 1. The van der Waals surface area contributed by atoms with Crippen molar-refractivity contribution in [3.8, 4) is 17.0 Å². The Morgan fingerprint density at radius 3 is 2.89 bits per heavy atom. The van der Waals surface area contributed by atoms with Gasteiger partial charge in [-0.1, -0.05) is 12.1 Å². The molecule has 2 aliphatic heterocycles. The number of benzene rings is 3. The Kier molecular flexibility index (Phi) is 6.07. The van der Waals surface area contributed by atoms with Gasteiger partial charge in [0.1, 0.15) is 5.75 Å². The summed E-state index contributed by atoms with van der Waals surface area (Å²) in [7, 11) is 1.93. The monoisotopic (exact) mass is 481 g/mol. The number of nitrogens with one attached hydrogen (secondary N) is 3. The molecule has 7 heteroatoms. The highest BCUT2D eigenvalue weighted by atomic mass is 16.5. The standard InChI is InChI=1S/C29H31N5O2/c1-30-23-8-4-19(5-9-23)17-34-13-2-3-24(18-34)31-29(35)22-6-10-26-25(16-22)28(33-32-26)21-7-11-27-20(15-21)12-14-36-27/h4-11,15-16,24,30H,2-3,12-14,17-18H2,1H3,(H,31,35)(H,32,33). The van der Waals surface area contributed by atoms with Crippen molar-refractivity contribution < 1.29 is 9.53 Å². The van der Waals surface area contributed by atoms with Gasteiger partial charge in [-0.25, -0.2) is 0 Å². The van der Waals surface area contributed by atoms with Crippen LogP contribution in [0.2, 0.25) is 0 Å². The van der Waals surface area contributed by atoms with E-state index in [0.717, 1.165) is 79.1 Å². The fourth-order valence-corrected chi connectivity index (χ4v) is 5.33. The van der Waals surface area contributed by atoms with Crippen molar-refractivity contribution in [2.24, 2.45) is 0 Å². The average Bonchev–Trinajstić information content (AvgIpc) is 3.55. The third-order valence-electron chi connectivity index (χ3n) is 7.28. The number of ether oxygens (including phenoxy) is 1. The Morgan fingerprint density at radius 1 is 1.14 bits per heavy atom. The number of carbonyl (C=O) groups excluding carboxylic acids is 1. The lowest BCUT2D eigenvalue weighted by atomic mass is 10.0. The van der Waals surface area contributed by atoms with E-state index in [0.29, 0.717) is 5.56 Å². The van der Waals surface area contributed by atoms with Crippen LogP contribution in [0.3, 0.4) is 0 Å². The Labute approximate surface area is 210 Å². The maximum Gasteiger partial charge on any atom is 0.251 e. The summed E-state index contributed by atoms with van der Waals surface area (Å²) in [4.78, 5) is 15.7. The van der Waals surface area contributed by atoms with Gasteiger partial charge in [0.15, 0.2) is 0 Å².